The molecule has 0 saturated heterocycles. The van der Waals surface area contributed by atoms with Crippen molar-refractivity contribution >= 4 is 16.8 Å². The molecule has 1 aromatic carbocycles. The molecule has 0 bridgehead atoms. The number of carbonyl (C=O) groups excluding carboxylic acids is 1. The molecular formula is C15H18N2O3. The summed E-state index contributed by atoms with van der Waals surface area (Å²) in [6.07, 6.45) is 0. The summed E-state index contributed by atoms with van der Waals surface area (Å²) in [6, 6.07) is 7.67. The van der Waals surface area contributed by atoms with Crippen molar-refractivity contribution < 1.29 is 9.53 Å². The Kier molecular flexibility index (Phi) is 4.20. The van der Waals surface area contributed by atoms with Crippen LogP contribution in [0.15, 0.2) is 29.1 Å². The number of rotatable bonds is 4. The molecule has 1 heterocycles. The molecule has 0 radical (unpaired) electrons. The molecule has 2 aromatic rings. The van der Waals surface area contributed by atoms with E-state index in [9.17, 15) is 9.59 Å². The Balaban J connectivity index is 2.34. The van der Waals surface area contributed by atoms with Crippen LogP contribution < -0.4 is 5.56 Å². The number of pyridine rings is 1. The molecule has 1 amide bonds. The first-order valence-corrected chi connectivity index (χ1v) is 6.37. The summed E-state index contributed by atoms with van der Waals surface area (Å²) in [6.45, 7) is 2.23. The molecule has 5 heteroatoms. The number of nitrogens with zero attached hydrogens (tertiary/aromatic N) is 1. The van der Waals surface area contributed by atoms with Crippen LogP contribution in [-0.4, -0.2) is 36.6 Å². The van der Waals surface area contributed by atoms with Crippen LogP contribution in [0.5, 0.6) is 0 Å². The summed E-state index contributed by atoms with van der Waals surface area (Å²) >= 11 is 0. The van der Waals surface area contributed by atoms with Crippen LogP contribution in [-0.2, 0) is 16.1 Å². The van der Waals surface area contributed by atoms with Gasteiger partial charge in [0.1, 0.15) is 6.61 Å². The maximum atomic E-state index is 12.1. The van der Waals surface area contributed by atoms with E-state index >= 15 is 0 Å². The molecule has 1 aromatic heterocycles. The van der Waals surface area contributed by atoms with Gasteiger partial charge in [0.05, 0.1) is 12.1 Å². The Morgan fingerprint density at radius 1 is 1.40 bits per heavy atom. The van der Waals surface area contributed by atoms with E-state index in [-0.39, 0.29) is 24.6 Å². The first-order chi connectivity index (χ1) is 9.52. The highest BCUT2D eigenvalue weighted by Gasteiger charge is 2.12. The van der Waals surface area contributed by atoms with Gasteiger partial charge in [0.25, 0.3) is 5.56 Å². The van der Waals surface area contributed by atoms with Crippen LogP contribution in [0.1, 0.15) is 11.1 Å². The molecule has 0 saturated carbocycles. The number of methoxy groups -OCH3 is 1. The van der Waals surface area contributed by atoms with E-state index in [1.54, 1.807) is 7.05 Å². The number of hydrogen-bond acceptors (Lipinski definition) is 3. The fraction of sp³-hybridized carbons (Fsp3) is 0.333. The van der Waals surface area contributed by atoms with Crippen molar-refractivity contribution in [1.82, 2.24) is 9.88 Å². The lowest BCUT2D eigenvalue weighted by Crippen LogP contribution is -2.31. The summed E-state index contributed by atoms with van der Waals surface area (Å²) in [5.41, 5.74) is 2.26. The van der Waals surface area contributed by atoms with E-state index in [1.165, 1.54) is 12.0 Å². The minimum absolute atomic E-state index is 0.0150. The van der Waals surface area contributed by atoms with Gasteiger partial charge in [-0.15, -0.1) is 0 Å². The van der Waals surface area contributed by atoms with E-state index in [0.717, 1.165) is 16.5 Å². The average Bonchev–Trinajstić information content (AvgIpc) is 2.41. The maximum absolute atomic E-state index is 12.1. The van der Waals surface area contributed by atoms with Gasteiger partial charge in [0.15, 0.2) is 0 Å². The standard InChI is InChI=1S/C15H18N2O3/c1-10-5-4-6-11-7-12(15(19)16-14(10)11)8-17(2)13(18)9-20-3/h4-7H,8-9H2,1-3H3,(H,16,19). The second kappa shape index (κ2) is 5.88. The Morgan fingerprint density at radius 2 is 2.15 bits per heavy atom. The lowest BCUT2D eigenvalue weighted by atomic mass is 10.1. The quantitative estimate of drug-likeness (QED) is 0.917. The molecule has 0 spiro atoms. The molecule has 0 atom stereocenters. The number of aryl methyl sites for hydroxylation is 1. The zero-order chi connectivity index (χ0) is 14.7. The number of likely N-dealkylation sites (N-methyl/N-ethyl adjacent to an activating group) is 1. The molecule has 0 unspecified atom stereocenters. The third-order valence-electron chi connectivity index (χ3n) is 3.27. The SMILES string of the molecule is COCC(=O)N(C)Cc1cc2cccc(C)c2[nH]c1=O. The van der Waals surface area contributed by atoms with E-state index < -0.39 is 0 Å². The number of para-hydroxylation sites is 1. The zero-order valence-electron chi connectivity index (χ0n) is 11.9. The van der Waals surface area contributed by atoms with E-state index in [0.29, 0.717) is 5.56 Å². The second-order valence-electron chi connectivity index (χ2n) is 4.85. The van der Waals surface area contributed by atoms with Crippen LogP contribution >= 0.6 is 0 Å². The van der Waals surface area contributed by atoms with Crippen molar-refractivity contribution in [2.75, 3.05) is 20.8 Å². The molecule has 0 aliphatic carbocycles. The van der Waals surface area contributed by atoms with Gasteiger partial charge in [0.2, 0.25) is 5.91 Å². The summed E-state index contributed by atoms with van der Waals surface area (Å²) in [5.74, 6) is -0.156. The molecule has 0 fully saturated rings. The zero-order valence-corrected chi connectivity index (χ0v) is 11.9. The highest BCUT2D eigenvalue weighted by atomic mass is 16.5. The van der Waals surface area contributed by atoms with Crippen molar-refractivity contribution in [2.24, 2.45) is 0 Å². The van der Waals surface area contributed by atoms with Crippen LogP contribution in [0.25, 0.3) is 10.9 Å². The number of hydrogen-bond donors (Lipinski definition) is 1. The number of carbonyl (C=O) groups is 1. The molecule has 0 aliphatic rings. The Labute approximate surface area is 117 Å². The molecule has 1 N–H and O–H groups in total. The normalized spacial score (nSPS) is 10.8. The smallest absolute Gasteiger partial charge is 0.253 e. The molecule has 0 aliphatic heterocycles. The Bertz CT molecular complexity index is 691. The fourth-order valence-electron chi connectivity index (χ4n) is 2.12. The summed E-state index contributed by atoms with van der Waals surface area (Å²) in [7, 11) is 3.12. The van der Waals surface area contributed by atoms with Crippen LogP contribution in [0, 0.1) is 6.92 Å². The topological polar surface area (TPSA) is 62.4 Å². The third kappa shape index (κ3) is 2.88. The number of nitrogens with one attached hydrogen (secondary N) is 1. The molecular weight excluding hydrogens is 256 g/mol. The van der Waals surface area contributed by atoms with E-state index in [4.69, 9.17) is 4.74 Å². The van der Waals surface area contributed by atoms with Crippen LogP contribution in [0.2, 0.25) is 0 Å². The third-order valence-corrected chi connectivity index (χ3v) is 3.27. The summed E-state index contributed by atoms with van der Waals surface area (Å²) in [5, 5.41) is 0.965. The van der Waals surface area contributed by atoms with E-state index in [1.807, 2.05) is 31.2 Å². The first kappa shape index (κ1) is 14.3. The second-order valence-corrected chi connectivity index (χ2v) is 4.85. The molecule has 20 heavy (non-hydrogen) atoms. The van der Waals surface area contributed by atoms with Crippen LogP contribution in [0.4, 0.5) is 0 Å². The maximum Gasteiger partial charge on any atom is 0.253 e. The highest BCUT2D eigenvalue weighted by molar-refractivity contribution is 5.82. The Morgan fingerprint density at radius 3 is 2.85 bits per heavy atom. The lowest BCUT2D eigenvalue weighted by molar-refractivity contribution is -0.134. The fourth-order valence-corrected chi connectivity index (χ4v) is 2.12. The largest absolute Gasteiger partial charge is 0.375 e. The highest BCUT2D eigenvalue weighted by Crippen LogP contribution is 2.15. The van der Waals surface area contributed by atoms with Gasteiger partial charge in [-0.05, 0) is 23.9 Å². The van der Waals surface area contributed by atoms with Crippen molar-refractivity contribution in [1.29, 1.82) is 0 Å². The first-order valence-electron chi connectivity index (χ1n) is 6.37. The number of H-pyrrole nitrogens is 1. The summed E-state index contributed by atoms with van der Waals surface area (Å²) < 4.78 is 4.80. The monoisotopic (exact) mass is 274 g/mol. The predicted molar refractivity (Wildman–Crippen MR) is 77.7 cm³/mol. The van der Waals surface area contributed by atoms with Crippen molar-refractivity contribution in [3.8, 4) is 0 Å². The number of benzene rings is 1. The predicted octanol–water partition coefficient (Wildman–Crippen LogP) is 1.44. The van der Waals surface area contributed by atoms with Gasteiger partial charge in [-0.25, -0.2) is 0 Å². The van der Waals surface area contributed by atoms with Gasteiger partial charge in [0, 0.05) is 19.7 Å². The van der Waals surface area contributed by atoms with Crippen molar-refractivity contribution in [2.45, 2.75) is 13.5 Å². The number of amides is 1. The van der Waals surface area contributed by atoms with Gasteiger partial charge in [-0.1, -0.05) is 18.2 Å². The van der Waals surface area contributed by atoms with Gasteiger partial charge >= 0.3 is 0 Å². The van der Waals surface area contributed by atoms with Gasteiger partial charge in [-0.2, -0.15) is 0 Å². The summed E-state index contributed by atoms with van der Waals surface area (Å²) in [4.78, 5) is 28.1. The minimum atomic E-state index is -0.163. The average molecular weight is 274 g/mol. The lowest BCUT2D eigenvalue weighted by Gasteiger charge is -2.16. The van der Waals surface area contributed by atoms with E-state index in [2.05, 4.69) is 4.98 Å². The number of aromatic amines is 1. The van der Waals surface area contributed by atoms with Crippen molar-refractivity contribution in [3.05, 3.63) is 45.7 Å². The Hall–Kier alpha value is -2.14. The number of aromatic nitrogens is 1. The van der Waals surface area contributed by atoms with Gasteiger partial charge in [-0.3, -0.25) is 9.59 Å². The van der Waals surface area contributed by atoms with Gasteiger partial charge < -0.3 is 14.6 Å². The molecule has 106 valence electrons. The van der Waals surface area contributed by atoms with Crippen molar-refractivity contribution in [3.63, 3.8) is 0 Å². The minimum Gasteiger partial charge on any atom is -0.375 e. The molecule has 5 nitrogen and oxygen atoms in total. The molecule has 2 rings (SSSR count). The van der Waals surface area contributed by atoms with Crippen LogP contribution in [0.3, 0.4) is 0 Å². The number of fused-ring (bicyclic) bond motifs is 1. The number of ether oxygens (including phenoxy) is 1.